The van der Waals surface area contributed by atoms with Crippen LogP contribution in [-0.2, 0) is 16.1 Å². The molecule has 30 heavy (non-hydrogen) atoms. The maximum absolute atomic E-state index is 13.1. The van der Waals surface area contributed by atoms with E-state index in [-0.39, 0.29) is 24.5 Å². The number of aryl methyl sites for hydroxylation is 2. The van der Waals surface area contributed by atoms with Crippen LogP contribution in [0.2, 0.25) is 0 Å². The normalized spacial score (nSPS) is 14.9. The molecule has 0 bridgehead atoms. The van der Waals surface area contributed by atoms with Gasteiger partial charge < -0.3 is 15.0 Å². The number of carbonyl (C=O) groups excluding carboxylic acids is 2. The van der Waals surface area contributed by atoms with Crippen LogP contribution >= 0.6 is 0 Å². The number of hydrogen-bond acceptors (Lipinski definition) is 3. The van der Waals surface area contributed by atoms with E-state index in [1.807, 2.05) is 62.4 Å². The van der Waals surface area contributed by atoms with Gasteiger partial charge in [-0.1, -0.05) is 55.3 Å². The van der Waals surface area contributed by atoms with Gasteiger partial charge in [-0.15, -0.1) is 0 Å². The van der Waals surface area contributed by atoms with Gasteiger partial charge in [0.25, 0.3) is 5.91 Å². The lowest BCUT2D eigenvalue weighted by atomic mass is 10.1. The third kappa shape index (κ3) is 5.85. The summed E-state index contributed by atoms with van der Waals surface area (Å²) in [6.07, 6.45) is 4.33. The fraction of sp³-hybridized carbons (Fsp3) is 0.440. The van der Waals surface area contributed by atoms with Crippen LogP contribution in [0.3, 0.4) is 0 Å². The highest BCUT2D eigenvalue weighted by Gasteiger charge is 2.28. The van der Waals surface area contributed by atoms with Gasteiger partial charge in [0.1, 0.15) is 11.8 Å². The number of benzene rings is 2. The average Bonchev–Trinajstić information content (AvgIpc) is 3.25. The third-order valence-electron chi connectivity index (χ3n) is 5.76. The Balaban J connectivity index is 1.71. The minimum atomic E-state index is -0.569. The number of rotatable bonds is 8. The maximum Gasteiger partial charge on any atom is 0.261 e. The zero-order valence-electron chi connectivity index (χ0n) is 18.2. The second-order valence-corrected chi connectivity index (χ2v) is 8.23. The summed E-state index contributed by atoms with van der Waals surface area (Å²) in [6, 6.07) is 15.3. The number of nitrogens with zero attached hydrogens (tertiary/aromatic N) is 1. The number of amides is 2. The smallest absolute Gasteiger partial charge is 0.261 e. The van der Waals surface area contributed by atoms with Crippen LogP contribution in [0.5, 0.6) is 5.75 Å². The van der Waals surface area contributed by atoms with Crippen LogP contribution in [0.25, 0.3) is 0 Å². The van der Waals surface area contributed by atoms with E-state index >= 15 is 0 Å². The highest BCUT2D eigenvalue weighted by molar-refractivity contribution is 5.88. The van der Waals surface area contributed by atoms with E-state index < -0.39 is 6.04 Å². The van der Waals surface area contributed by atoms with Crippen LogP contribution in [0.1, 0.15) is 49.3 Å². The third-order valence-corrected chi connectivity index (χ3v) is 5.76. The molecule has 1 saturated carbocycles. The summed E-state index contributed by atoms with van der Waals surface area (Å²) in [4.78, 5) is 27.6. The zero-order valence-corrected chi connectivity index (χ0v) is 18.2. The molecular weight excluding hydrogens is 376 g/mol. The van der Waals surface area contributed by atoms with Crippen LogP contribution in [0.15, 0.2) is 48.5 Å². The standard InChI is InChI=1S/C25H32N2O3/c1-18-13-14-19(2)23(15-18)30-17-24(28)27(16-21-9-5-4-6-10-21)20(3)25(29)26-22-11-7-8-12-22/h4-6,9-10,13-15,20,22H,7-8,11-12,16-17H2,1-3H3,(H,26,29)/t20-/m1/s1. The minimum Gasteiger partial charge on any atom is -0.483 e. The van der Waals surface area contributed by atoms with E-state index in [4.69, 9.17) is 4.74 Å². The van der Waals surface area contributed by atoms with Gasteiger partial charge in [0.2, 0.25) is 5.91 Å². The van der Waals surface area contributed by atoms with Crippen LogP contribution in [0.4, 0.5) is 0 Å². The van der Waals surface area contributed by atoms with Gasteiger partial charge in [-0.2, -0.15) is 0 Å². The molecule has 1 fully saturated rings. The molecule has 0 aliphatic heterocycles. The van der Waals surface area contributed by atoms with Crippen molar-refractivity contribution in [3.05, 3.63) is 65.2 Å². The van der Waals surface area contributed by atoms with E-state index in [1.165, 1.54) is 0 Å². The first-order valence-corrected chi connectivity index (χ1v) is 10.8. The van der Waals surface area contributed by atoms with Crippen molar-refractivity contribution in [1.82, 2.24) is 10.2 Å². The van der Waals surface area contributed by atoms with Crippen molar-refractivity contribution in [3.8, 4) is 5.75 Å². The maximum atomic E-state index is 13.1. The predicted octanol–water partition coefficient (Wildman–Crippen LogP) is 4.16. The Morgan fingerprint density at radius 2 is 1.80 bits per heavy atom. The van der Waals surface area contributed by atoms with Gasteiger partial charge >= 0.3 is 0 Å². The summed E-state index contributed by atoms with van der Waals surface area (Å²) < 4.78 is 5.84. The van der Waals surface area contributed by atoms with E-state index in [0.29, 0.717) is 12.3 Å². The predicted molar refractivity (Wildman–Crippen MR) is 118 cm³/mol. The second-order valence-electron chi connectivity index (χ2n) is 8.23. The Bertz CT molecular complexity index is 860. The van der Waals surface area contributed by atoms with Crippen molar-refractivity contribution in [3.63, 3.8) is 0 Å². The molecule has 1 atom stereocenters. The SMILES string of the molecule is Cc1ccc(C)c(OCC(=O)N(Cc2ccccc2)[C@H](C)C(=O)NC2CCCC2)c1. The molecule has 1 aliphatic carbocycles. The number of carbonyl (C=O) groups is 2. The van der Waals surface area contributed by atoms with Crippen molar-refractivity contribution in [1.29, 1.82) is 0 Å². The number of ether oxygens (including phenoxy) is 1. The lowest BCUT2D eigenvalue weighted by Gasteiger charge is -2.29. The molecule has 5 heteroatoms. The van der Waals surface area contributed by atoms with Gasteiger partial charge in [-0.3, -0.25) is 9.59 Å². The molecule has 0 unspecified atom stereocenters. The van der Waals surface area contributed by atoms with Crippen molar-refractivity contribution in [2.45, 2.75) is 65.1 Å². The Morgan fingerprint density at radius 1 is 1.10 bits per heavy atom. The highest BCUT2D eigenvalue weighted by atomic mass is 16.5. The molecule has 0 aromatic heterocycles. The molecule has 3 rings (SSSR count). The quantitative estimate of drug-likeness (QED) is 0.714. The fourth-order valence-electron chi connectivity index (χ4n) is 3.84. The zero-order chi connectivity index (χ0) is 21.5. The fourth-order valence-corrected chi connectivity index (χ4v) is 3.84. The van der Waals surface area contributed by atoms with E-state index in [9.17, 15) is 9.59 Å². The van der Waals surface area contributed by atoms with Crippen molar-refractivity contribution in [2.24, 2.45) is 0 Å². The molecule has 1 N–H and O–H groups in total. The molecule has 0 spiro atoms. The molecular formula is C25H32N2O3. The lowest BCUT2D eigenvalue weighted by Crippen LogP contribution is -2.50. The van der Waals surface area contributed by atoms with Gasteiger partial charge in [-0.25, -0.2) is 0 Å². The lowest BCUT2D eigenvalue weighted by molar-refractivity contribution is -0.142. The van der Waals surface area contributed by atoms with Crippen molar-refractivity contribution < 1.29 is 14.3 Å². The molecule has 0 saturated heterocycles. The van der Waals surface area contributed by atoms with Gasteiger partial charge in [0.15, 0.2) is 6.61 Å². The monoisotopic (exact) mass is 408 g/mol. The molecule has 2 amide bonds. The van der Waals surface area contributed by atoms with E-state index in [2.05, 4.69) is 5.32 Å². The summed E-state index contributed by atoms with van der Waals surface area (Å²) in [5.41, 5.74) is 3.04. The van der Waals surface area contributed by atoms with Crippen molar-refractivity contribution >= 4 is 11.8 Å². The Hall–Kier alpha value is -2.82. The Labute approximate surface area is 179 Å². The van der Waals surface area contributed by atoms with Crippen molar-refractivity contribution in [2.75, 3.05) is 6.61 Å². The summed E-state index contributed by atoms with van der Waals surface area (Å²) in [5.74, 6) is 0.401. The molecule has 5 nitrogen and oxygen atoms in total. The van der Waals surface area contributed by atoms with Crippen LogP contribution in [0, 0.1) is 13.8 Å². The molecule has 0 heterocycles. The molecule has 1 aliphatic rings. The first-order chi connectivity index (χ1) is 14.4. The second kappa shape index (κ2) is 10.3. The molecule has 2 aromatic rings. The largest absolute Gasteiger partial charge is 0.483 e. The van der Waals surface area contributed by atoms with E-state index in [0.717, 1.165) is 42.4 Å². The first kappa shape index (κ1) is 21.9. The Morgan fingerprint density at radius 3 is 2.50 bits per heavy atom. The van der Waals surface area contributed by atoms with E-state index in [1.54, 1.807) is 11.8 Å². The number of nitrogens with one attached hydrogen (secondary N) is 1. The molecule has 2 aromatic carbocycles. The average molecular weight is 409 g/mol. The van der Waals surface area contributed by atoms with Gasteiger partial charge in [-0.05, 0) is 56.4 Å². The van der Waals surface area contributed by atoms with Crippen LogP contribution < -0.4 is 10.1 Å². The van der Waals surface area contributed by atoms with Crippen LogP contribution in [-0.4, -0.2) is 35.4 Å². The van der Waals surface area contributed by atoms with Gasteiger partial charge in [0.05, 0.1) is 0 Å². The summed E-state index contributed by atoms with van der Waals surface area (Å²) in [6.45, 7) is 6.01. The Kier molecular flexibility index (Phi) is 7.50. The summed E-state index contributed by atoms with van der Waals surface area (Å²) in [7, 11) is 0. The van der Waals surface area contributed by atoms with Gasteiger partial charge in [0, 0.05) is 12.6 Å². The first-order valence-electron chi connectivity index (χ1n) is 10.8. The topological polar surface area (TPSA) is 58.6 Å². The molecule has 160 valence electrons. The summed E-state index contributed by atoms with van der Waals surface area (Å²) in [5, 5.41) is 3.12. The minimum absolute atomic E-state index is 0.0990. The summed E-state index contributed by atoms with van der Waals surface area (Å²) >= 11 is 0. The number of hydrogen-bond donors (Lipinski definition) is 1. The molecule has 0 radical (unpaired) electrons. The highest BCUT2D eigenvalue weighted by Crippen LogP contribution is 2.20.